The number of Topliss-reactive ketones (excluding diaryl/α,β-unsaturated/α-hetero) is 1. The summed E-state index contributed by atoms with van der Waals surface area (Å²) in [5.74, 6) is -0.144. The van der Waals surface area contributed by atoms with E-state index in [1.165, 1.54) is 11.3 Å². The van der Waals surface area contributed by atoms with Crippen LogP contribution in [0.2, 0.25) is 0 Å². The van der Waals surface area contributed by atoms with E-state index in [9.17, 15) is 9.59 Å². The minimum atomic E-state index is -0.124. The topological polar surface area (TPSA) is 72.2 Å². The van der Waals surface area contributed by atoms with E-state index in [0.717, 1.165) is 36.8 Å². The van der Waals surface area contributed by atoms with E-state index in [4.69, 9.17) is 5.73 Å². The number of anilines is 1. The first-order valence-corrected chi connectivity index (χ1v) is 8.78. The number of amides is 1. The molecule has 0 radical (unpaired) electrons. The average molecular weight is 326 g/mol. The molecule has 0 bridgehead atoms. The minimum Gasteiger partial charge on any atom is -0.390 e. The number of nitrogens with one attached hydrogen (secondary N) is 1. The van der Waals surface area contributed by atoms with Crippen LogP contribution in [0, 0.1) is 0 Å². The van der Waals surface area contributed by atoms with E-state index >= 15 is 0 Å². The summed E-state index contributed by atoms with van der Waals surface area (Å²) in [6.07, 6.45) is 3.53. The molecule has 4 nitrogen and oxygen atoms in total. The van der Waals surface area contributed by atoms with E-state index in [-0.39, 0.29) is 23.7 Å². The van der Waals surface area contributed by atoms with Gasteiger partial charge in [0, 0.05) is 12.0 Å². The quantitative estimate of drug-likeness (QED) is 0.910. The van der Waals surface area contributed by atoms with Crippen LogP contribution in [0.1, 0.15) is 56.3 Å². The van der Waals surface area contributed by atoms with Crippen molar-refractivity contribution in [2.45, 2.75) is 37.6 Å². The van der Waals surface area contributed by atoms with Crippen molar-refractivity contribution in [2.75, 3.05) is 5.73 Å². The molecular weight excluding hydrogens is 308 g/mol. The maximum absolute atomic E-state index is 12.9. The number of rotatable bonds is 3. The molecular formula is C18H18N2O2S. The van der Waals surface area contributed by atoms with Gasteiger partial charge in [0.05, 0.1) is 15.4 Å². The van der Waals surface area contributed by atoms with Crippen LogP contribution in [0.4, 0.5) is 5.00 Å². The molecule has 0 spiro atoms. The SMILES string of the molecule is Nc1sc2c(c1C(=O)NC1CC1)CCC(c1ccccc1)C2=O. The molecule has 2 aliphatic rings. The van der Waals surface area contributed by atoms with Gasteiger partial charge in [0.25, 0.3) is 5.91 Å². The van der Waals surface area contributed by atoms with Gasteiger partial charge in [-0.2, -0.15) is 0 Å². The number of nitrogens with two attached hydrogens (primary N) is 1. The molecule has 118 valence electrons. The smallest absolute Gasteiger partial charge is 0.254 e. The van der Waals surface area contributed by atoms with Crippen molar-refractivity contribution in [1.82, 2.24) is 5.32 Å². The molecule has 1 saturated carbocycles. The van der Waals surface area contributed by atoms with Crippen molar-refractivity contribution >= 4 is 28.0 Å². The Bertz CT molecular complexity index is 778. The summed E-state index contributed by atoms with van der Waals surface area (Å²) >= 11 is 1.27. The maximum Gasteiger partial charge on any atom is 0.254 e. The van der Waals surface area contributed by atoms with Crippen LogP contribution < -0.4 is 11.1 Å². The molecule has 2 aromatic rings. The number of ketones is 1. The van der Waals surface area contributed by atoms with Gasteiger partial charge in [0.2, 0.25) is 0 Å². The van der Waals surface area contributed by atoms with Crippen LogP contribution in [0.25, 0.3) is 0 Å². The second-order valence-corrected chi connectivity index (χ2v) is 7.32. The fourth-order valence-corrected chi connectivity index (χ4v) is 4.35. The summed E-state index contributed by atoms with van der Waals surface area (Å²) in [5.41, 5.74) is 8.50. The van der Waals surface area contributed by atoms with Gasteiger partial charge in [-0.05, 0) is 36.8 Å². The standard InChI is InChI=1S/C18H18N2O2S/c19-17-14(18(22)20-11-6-7-11)13-9-8-12(15(21)16(13)23-17)10-4-2-1-3-5-10/h1-5,11-12H,6-9,19H2,(H,20,22). The molecule has 4 rings (SSSR count). The van der Waals surface area contributed by atoms with E-state index in [1.54, 1.807) is 0 Å². The van der Waals surface area contributed by atoms with E-state index in [1.807, 2.05) is 30.3 Å². The van der Waals surface area contributed by atoms with Gasteiger partial charge >= 0.3 is 0 Å². The predicted molar refractivity (Wildman–Crippen MR) is 91.1 cm³/mol. The third-order valence-electron chi connectivity index (χ3n) is 4.60. The Morgan fingerprint density at radius 3 is 2.61 bits per heavy atom. The normalized spacial score (nSPS) is 20.2. The zero-order valence-electron chi connectivity index (χ0n) is 12.7. The fraction of sp³-hybridized carbons (Fsp3) is 0.333. The summed E-state index contributed by atoms with van der Waals surface area (Å²) in [5, 5.41) is 3.45. The Morgan fingerprint density at radius 2 is 1.91 bits per heavy atom. The summed E-state index contributed by atoms with van der Waals surface area (Å²) in [4.78, 5) is 25.9. The maximum atomic E-state index is 12.9. The van der Waals surface area contributed by atoms with Gasteiger partial charge in [-0.25, -0.2) is 0 Å². The first-order valence-electron chi connectivity index (χ1n) is 7.96. The highest BCUT2D eigenvalue weighted by Gasteiger charge is 2.35. The second-order valence-electron chi connectivity index (χ2n) is 6.26. The third kappa shape index (κ3) is 2.55. The van der Waals surface area contributed by atoms with Crippen LogP contribution in [-0.4, -0.2) is 17.7 Å². The molecule has 3 N–H and O–H groups in total. The minimum absolute atomic E-state index is 0.0969. The highest BCUT2D eigenvalue weighted by Crippen LogP contribution is 2.41. The Morgan fingerprint density at radius 1 is 1.17 bits per heavy atom. The number of benzene rings is 1. The van der Waals surface area contributed by atoms with Gasteiger partial charge in [-0.1, -0.05) is 30.3 Å². The first-order chi connectivity index (χ1) is 11.1. The molecule has 23 heavy (non-hydrogen) atoms. The Hall–Kier alpha value is -2.14. The molecule has 1 atom stereocenters. The Kier molecular flexibility index (Phi) is 3.45. The lowest BCUT2D eigenvalue weighted by Gasteiger charge is -2.21. The average Bonchev–Trinajstić information content (AvgIpc) is 3.29. The zero-order chi connectivity index (χ0) is 16.0. The highest BCUT2D eigenvalue weighted by molar-refractivity contribution is 7.18. The van der Waals surface area contributed by atoms with Crippen molar-refractivity contribution in [3.05, 3.63) is 51.9 Å². The number of hydrogen-bond acceptors (Lipinski definition) is 4. The highest BCUT2D eigenvalue weighted by atomic mass is 32.1. The summed E-state index contributed by atoms with van der Waals surface area (Å²) < 4.78 is 0. The van der Waals surface area contributed by atoms with Gasteiger partial charge in [-0.15, -0.1) is 11.3 Å². The molecule has 1 unspecified atom stereocenters. The van der Waals surface area contributed by atoms with Gasteiger partial charge < -0.3 is 11.1 Å². The number of hydrogen-bond donors (Lipinski definition) is 2. The summed E-state index contributed by atoms with van der Waals surface area (Å²) in [6, 6.07) is 10.1. The number of carbonyl (C=O) groups excluding carboxylic acids is 2. The first kappa shape index (κ1) is 14.5. The molecule has 5 heteroatoms. The molecule has 0 aliphatic heterocycles. The van der Waals surface area contributed by atoms with Crippen LogP contribution in [0.15, 0.2) is 30.3 Å². The molecule has 1 fully saturated rings. The van der Waals surface area contributed by atoms with Crippen molar-refractivity contribution in [2.24, 2.45) is 0 Å². The predicted octanol–water partition coefficient (Wildman–Crippen LogP) is 3.14. The molecule has 2 aliphatic carbocycles. The number of nitrogen functional groups attached to an aromatic ring is 1. The molecule has 1 heterocycles. The molecule has 1 amide bonds. The van der Waals surface area contributed by atoms with Crippen LogP contribution in [0.3, 0.4) is 0 Å². The van der Waals surface area contributed by atoms with Crippen molar-refractivity contribution in [1.29, 1.82) is 0 Å². The van der Waals surface area contributed by atoms with Crippen molar-refractivity contribution < 1.29 is 9.59 Å². The fourth-order valence-electron chi connectivity index (χ4n) is 3.24. The van der Waals surface area contributed by atoms with Crippen LogP contribution >= 0.6 is 11.3 Å². The van der Waals surface area contributed by atoms with E-state index < -0.39 is 0 Å². The van der Waals surface area contributed by atoms with Gasteiger partial charge in [-0.3, -0.25) is 9.59 Å². The van der Waals surface area contributed by atoms with E-state index in [2.05, 4.69) is 5.32 Å². The lowest BCUT2D eigenvalue weighted by atomic mass is 9.82. The largest absolute Gasteiger partial charge is 0.390 e. The zero-order valence-corrected chi connectivity index (χ0v) is 13.5. The Labute approximate surface area is 138 Å². The molecule has 0 saturated heterocycles. The lowest BCUT2D eigenvalue weighted by molar-refractivity contribution is 0.0948. The monoisotopic (exact) mass is 326 g/mol. The molecule has 1 aromatic carbocycles. The van der Waals surface area contributed by atoms with E-state index in [0.29, 0.717) is 15.4 Å². The number of carbonyl (C=O) groups is 2. The molecule has 1 aromatic heterocycles. The summed E-state index contributed by atoms with van der Waals surface area (Å²) in [6.45, 7) is 0. The summed E-state index contributed by atoms with van der Waals surface area (Å²) in [7, 11) is 0. The van der Waals surface area contributed by atoms with Gasteiger partial charge in [0.15, 0.2) is 5.78 Å². The third-order valence-corrected chi connectivity index (χ3v) is 5.67. The van der Waals surface area contributed by atoms with Crippen LogP contribution in [0.5, 0.6) is 0 Å². The number of fused-ring (bicyclic) bond motifs is 1. The van der Waals surface area contributed by atoms with Crippen molar-refractivity contribution in [3.63, 3.8) is 0 Å². The lowest BCUT2D eigenvalue weighted by Crippen LogP contribution is -2.28. The Balaban J connectivity index is 1.67. The van der Waals surface area contributed by atoms with Crippen LogP contribution in [-0.2, 0) is 6.42 Å². The number of thiophene rings is 1. The second kappa shape index (κ2) is 5.49. The van der Waals surface area contributed by atoms with Gasteiger partial charge in [0.1, 0.15) is 0 Å². The van der Waals surface area contributed by atoms with Crippen molar-refractivity contribution in [3.8, 4) is 0 Å².